The van der Waals surface area contributed by atoms with Crippen LogP contribution in [0, 0.1) is 0 Å². The van der Waals surface area contributed by atoms with Gasteiger partial charge in [0.05, 0.1) is 0 Å². The number of aromatic hydroxyl groups is 1. The fourth-order valence-corrected chi connectivity index (χ4v) is 1.58. The molecule has 0 aliphatic carbocycles. The first-order valence-electron chi connectivity index (χ1n) is 5.67. The lowest BCUT2D eigenvalue weighted by atomic mass is 10.1. The van der Waals surface area contributed by atoms with Gasteiger partial charge in [-0.1, -0.05) is 18.2 Å². The summed E-state index contributed by atoms with van der Waals surface area (Å²) in [6.45, 7) is 1.82. The van der Waals surface area contributed by atoms with Gasteiger partial charge in [0.15, 0.2) is 5.78 Å². The van der Waals surface area contributed by atoms with E-state index < -0.39 is 0 Å². The van der Waals surface area contributed by atoms with Crippen molar-refractivity contribution in [2.75, 3.05) is 0 Å². The molecular weight excluding hydrogens is 228 g/mol. The number of hydrogen-bond acceptors (Lipinski definition) is 3. The van der Waals surface area contributed by atoms with Gasteiger partial charge in [-0.3, -0.25) is 4.79 Å². The summed E-state index contributed by atoms with van der Waals surface area (Å²) in [5, 5.41) is 9.58. The van der Waals surface area contributed by atoms with Crippen LogP contribution in [-0.2, 0) is 6.61 Å². The van der Waals surface area contributed by atoms with E-state index in [1.54, 1.807) is 42.5 Å². The Balaban J connectivity index is 2.02. The second kappa shape index (κ2) is 5.36. The fraction of sp³-hybridized carbons (Fsp3) is 0.133. The highest BCUT2D eigenvalue weighted by Crippen LogP contribution is 2.19. The van der Waals surface area contributed by atoms with E-state index in [0.717, 1.165) is 5.56 Å². The highest BCUT2D eigenvalue weighted by Gasteiger charge is 2.02. The molecule has 0 aliphatic heterocycles. The molecule has 0 heterocycles. The van der Waals surface area contributed by atoms with Gasteiger partial charge in [0, 0.05) is 11.1 Å². The van der Waals surface area contributed by atoms with Crippen molar-refractivity contribution in [2.45, 2.75) is 13.5 Å². The molecule has 2 aromatic rings. The van der Waals surface area contributed by atoms with Crippen molar-refractivity contribution in [3.8, 4) is 11.5 Å². The minimum absolute atomic E-state index is 0.0299. The van der Waals surface area contributed by atoms with Crippen LogP contribution in [0.4, 0.5) is 0 Å². The number of hydrogen-bond donors (Lipinski definition) is 1. The number of benzene rings is 2. The Bertz CT molecular complexity index is 544. The zero-order chi connectivity index (χ0) is 13.0. The standard InChI is InChI=1S/C15H14O3/c1-11(16)12-6-8-14(9-7-12)18-10-13-4-2-3-5-15(13)17/h2-9,17H,10H2,1H3. The van der Waals surface area contributed by atoms with Crippen molar-refractivity contribution in [1.29, 1.82) is 0 Å². The molecule has 0 saturated carbocycles. The monoisotopic (exact) mass is 242 g/mol. The van der Waals surface area contributed by atoms with Gasteiger partial charge in [-0.15, -0.1) is 0 Å². The van der Waals surface area contributed by atoms with Gasteiger partial charge in [-0.25, -0.2) is 0 Å². The van der Waals surface area contributed by atoms with Crippen LogP contribution in [0.5, 0.6) is 11.5 Å². The third-order valence-electron chi connectivity index (χ3n) is 2.65. The van der Waals surface area contributed by atoms with E-state index in [0.29, 0.717) is 17.9 Å². The largest absolute Gasteiger partial charge is 0.508 e. The lowest BCUT2D eigenvalue weighted by Gasteiger charge is -2.07. The van der Waals surface area contributed by atoms with Gasteiger partial charge < -0.3 is 9.84 Å². The average molecular weight is 242 g/mol. The molecule has 2 aromatic carbocycles. The predicted molar refractivity (Wildman–Crippen MR) is 68.9 cm³/mol. The Hall–Kier alpha value is -2.29. The molecule has 0 fully saturated rings. The first-order valence-corrected chi connectivity index (χ1v) is 5.67. The number of phenols is 1. The predicted octanol–water partition coefficient (Wildman–Crippen LogP) is 3.17. The second-order valence-corrected chi connectivity index (χ2v) is 4.00. The minimum Gasteiger partial charge on any atom is -0.508 e. The molecule has 0 amide bonds. The number of rotatable bonds is 4. The number of ketones is 1. The molecule has 0 spiro atoms. The molecule has 0 saturated heterocycles. The summed E-state index contributed by atoms with van der Waals surface area (Å²) in [7, 11) is 0. The van der Waals surface area contributed by atoms with Gasteiger partial charge in [0.2, 0.25) is 0 Å². The number of ether oxygens (including phenoxy) is 1. The number of Topliss-reactive ketones (excluding diaryl/α,β-unsaturated/α-hetero) is 1. The number of phenolic OH excluding ortho intramolecular Hbond substituents is 1. The molecular formula is C15H14O3. The van der Waals surface area contributed by atoms with Crippen molar-refractivity contribution < 1.29 is 14.6 Å². The molecule has 92 valence electrons. The molecule has 0 aliphatic rings. The SMILES string of the molecule is CC(=O)c1ccc(OCc2ccccc2O)cc1. The van der Waals surface area contributed by atoms with Crippen LogP contribution < -0.4 is 4.74 Å². The Morgan fingerprint density at radius 2 is 1.78 bits per heavy atom. The van der Waals surface area contributed by atoms with E-state index in [2.05, 4.69) is 0 Å². The topological polar surface area (TPSA) is 46.5 Å². The quantitative estimate of drug-likeness (QED) is 0.837. The lowest BCUT2D eigenvalue weighted by molar-refractivity contribution is 0.101. The molecule has 0 bridgehead atoms. The van der Waals surface area contributed by atoms with Gasteiger partial charge in [-0.2, -0.15) is 0 Å². The number of carbonyl (C=O) groups is 1. The van der Waals surface area contributed by atoms with Crippen LogP contribution >= 0.6 is 0 Å². The normalized spacial score (nSPS) is 10.1. The second-order valence-electron chi connectivity index (χ2n) is 4.00. The lowest BCUT2D eigenvalue weighted by Crippen LogP contribution is -1.97. The van der Waals surface area contributed by atoms with Crippen LogP contribution in [0.2, 0.25) is 0 Å². The van der Waals surface area contributed by atoms with E-state index in [9.17, 15) is 9.90 Å². The van der Waals surface area contributed by atoms with Gasteiger partial charge in [0.1, 0.15) is 18.1 Å². The summed E-state index contributed by atoms with van der Waals surface area (Å²) in [5.74, 6) is 0.920. The van der Waals surface area contributed by atoms with E-state index in [1.807, 2.05) is 6.07 Å². The first-order chi connectivity index (χ1) is 8.66. The summed E-state index contributed by atoms with van der Waals surface area (Å²) in [5.41, 5.74) is 1.39. The summed E-state index contributed by atoms with van der Waals surface area (Å²) in [4.78, 5) is 11.1. The summed E-state index contributed by atoms with van der Waals surface area (Å²) < 4.78 is 5.54. The van der Waals surface area contributed by atoms with Crippen molar-refractivity contribution >= 4 is 5.78 Å². The van der Waals surface area contributed by atoms with E-state index >= 15 is 0 Å². The molecule has 0 aromatic heterocycles. The molecule has 2 rings (SSSR count). The van der Waals surface area contributed by atoms with Crippen LogP contribution in [0.3, 0.4) is 0 Å². The molecule has 0 radical (unpaired) electrons. The van der Waals surface area contributed by atoms with E-state index in [-0.39, 0.29) is 11.5 Å². The van der Waals surface area contributed by atoms with Gasteiger partial charge in [0.25, 0.3) is 0 Å². The van der Waals surface area contributed by atoms with E-state index in [1.165, 1.54) is 6.92 Å². The van der Waals surface area contributed by atoms with Crippen LogP contribution in [0.25, 0.3) is 0 Å². The minimum atomic E-state index is 0.0299. The third kappa shape index (κ3) is 2.88. The Kier molecular flexibility index (Phi) is 3.63. The van der Waals surface area contributed by atoms with Crippen LogP contribution in [0.1, 0.15) is 22.8 Å². The van der Waals surface area contributed by atoms with Crippen molar-refractivity contribution in [2.24, 2.45) is 0 Å². The Morgan fingerprint density at radius 3 is 2.39 bits per heavy atom. The maximum absolute atomic E-state index is 11.1. The average Bonchev–Trinajstić information content (AvgIpc) is 2.38. The fourth-order valence-electron chi connectivity index (χ4n) is 1.58. The summed E-state index contributed by atoms with van der Waals surface area (Å²) >= 11 is 0. The third-order valence-corrected chi connectivity index (χ3v) is 2.65. The molecule has 1 N–H and O–H groups in total. The number of carbonyl (C=O) groups excluding carboxylic acids is 1. The van der Waals surface area contributed by atoms with Crippen molar-refractivity contribution in [3.05, 3.63) is 59.7 Å². The zero-order valence-corrected chi connectivity index (χ0v) is 10.1. The summed E-state index contributed by atoms with van der Waals surface area (Å²) in [6.07, 6.45) is 0. The highest BCUT2D eigenvalue weighted by atomic mass is 16.5. The maximum Gasteiger partial charge on any atom is 0.159 e. The molecule has 3 heteroatoms. The highest BCUT2D eigenvalue weighted by molar-refractivity contribution is 5.94. The van der Waals surface area contributed by atoms with Gasteiger partial charge >= 0.3 is 0 Å². The number of para-hydroxylation sites is 1. The Morgan fingerprint density at radius 1 is 1.11 bits per heavy atom. The molecule has 3 nitrogen and oxygen atoms in total. The molecule has 18 heavy (non-hydrogen) atoms. The molecule has 0 atom stereocenters. The Labute approximate surface area is 106 Å². The summed E-state index contributed by atoms with van der Waals surface area (Å²) in [6, 6.07) is 14.0. The zero-order valence-electron chi connectivity index (χ0n) is 10.1. The maximum atomic E-state index is 11.1. The van der Waals surface area contributed by atoms with Crippen molar-refractivity contribution in [1.82, 2.24) is 0 Å². The van der Waals surface area contributed by atoms with Crippen LogP contribution in [-0.4, -0.2) is 10.9 Å². The van der Waals surface area contributed by atoms with E-state index in [4.69, 9.17) is 4.74 Å². The first kappa shape index (κ1) is 12.2. The smallest absolute Gasteiger partial charge is 0.159 e. The van der Waals surface area contributed by atoms with Crippen molar-refractivity contribution in [3.63, 3.8) is 0 Å². The van der Waals surface area contributed by atoms with Crippen LogP contribution in [0.15, 0.2) is 48.5 Å². The van der Waals surface area contributed by atoms with Gasteiger partial charge in [-0.05, 0) is 37.3 Å². The molecule has 0 unspecified atom stereocenters.